The monoisotopic (exact) mass is 445 g/mol. The Morgan fingerprint density at radius 3 is 1.77 bits per heavy atom. The van der Waals surface area contributed by atoms with Crippen molar-refractivity contribution < 1.29 is 17.9 Å². The summed E-state index contributed by atoms with van der Waals surface area (Å²) >= 11 is 6.36. The smallest absolute Gasteiger partial charge is 0.241 e. The summed E-state index contributed by atoms with van der Waals surface area (Å²) in [5, 5.41) is 0. The van der Waals surface area contributed by atoms with Crippen LogP contribution in [0.2, 0.25) is 0 Å². The fourth-order valence-corrected chi connectivity index (χ4v) is 4.89. The molecule has 3 aromatic carbocycles. The number of halogens is 1. The van der Waals surface area contributed by atoms with Crippen molar-refractivity contribution in [3.8, 4) is 11.5 Å². The molecule has 0 spiro atoms. The molecule has 0 fully saturated rings. The third kappa shape index (κ3) is 5.14. The number of alkyl halides is 1. The van der Waals surface area contributed by atoms with Crippen LogP contribution in [0.4, 0.5) is 0 Å². The standard InChI is InChI=1S/C23H24ClNO4S/c1-28-19-12-8-17(9-13-19)22(16-24)23(18-10-14-20(29-2)15-11-18)25-30(26,27)21-6-4-3-5-7-21/h3-15,22-23,25H,16H2,1-2H3. The summed E-state index contributed by atoms with van der Waals surface area (Å²) in [7, 11) is -0.578. The zero-order valence-electron chi connectivity index (χ0n) is 16.8. The van der Waals surface area contributed by atoms with E-state index in [1.165, 1.54) is 0 Å². The Labute approximate surface area is 182 Å². The molecule has 0 aliphatic heterocycles. The predicted octanol–water partition coefficient (Wildman–Crippen LogP) is 4.75. The predicted molar refractivity (Wildman–Crippen MR) is 119 cm³/mol. The first kappa shape index (κ1) is 22.2. The van der Waals surface area contributed by atoms with Gasteiger partial charge in [0.25, 0.3) is 0 Å². The van der Waals surface area contributed by atoms with Gasteiger partial charge < -0.3 is 9.47 Å². The molecule has 0 aromatic heterocycles. The topological polar surface area (TPSA) is 64.6 Å². The first-order valence-electron chi connectivity index (χ1n) is 9.39. The van der Waals surface area contributed by atoms with Gasteiger partial charge in [-0.15, -0.1) is 11.6 Å². The van der Waals surface area contributed by atoms with Crippen LogP contribution in [-0.4, -0.2) is 28.5 Å². The lowest BCUT2D eigenvalue weighted by Gasteiger charge is -2.27. The summed E-state index contributed by atoms with van der Waals surface area (Å²) in [4.78, 5) is 0.201. The van der Waals surface area contributed by atoms with Gasteiger partial charge in [0, 0.05) is 11.8 Å². The largest absolute Gasteiger partial charge is 0.497 e. The lowest BCUT2D eigenvalue weighted by molar-refractivity contribution is 0.413. The van der Waals surface area contributed by atoms with Gasteiger partial charge in [-0.3, -0.25) is 0 Å². The van der Waals surface area contributed by atoms with Gasteiger partial charge in [0.05, 0.1) is 25.2 Å². The summed E-state index contributed by atoms with van der Waals surface area (Å²) in [6.07, 6.45) is 0. The minimum absolute atomic E-state index is 0.201. The molecule has 0 amide bonds. The van der Waals surface area contributed by atoms with Crippen LogP contribution in [0, 0.1) is 0 Å². The number of nitrogens with one attached hydrogen (secondary N) is 1. The van der Waals surface area contributed by atoms with Crippen LogP contribution in [-0.2, 0) is 10.0 Å². The highest BCUT2D eigenvalue weighted by Gasteiger charge is 2.29. The number of benzene rings is 3. The molecule has 1 N–H and O–H groups in total. The molecule has 3 aromatic rings. The second-order valence-electron chi connectivity index (χ2n) is 6.72. The van der Waals surface area contributed by atoms with E-state index in [0.29, 0.717) is 5.75 Å². The SMILES string of the molecule is COc1ccc(C(CCl)C(NS(=O)(=O)c2ccccc2)c2ccc(OC)cc2)cc1. The Bertz CT molecular complexity index is 1040. The van der Waals surface area contributed by atoms with E-state index in [1.54, 1.807) is 56.7 Å². The molecule has 2 atom stereocenters. The van der Waals surface area contributed by atoms with Crippen molar-refractivity contribution >= 4 is 21.6 Å². The molecule has 2 unspecified atom stereocenters. The van der Waals surface area contributed by atoms with Crippen molar-refractivity contribution in [2.75, 3.05) is 20.1 Å². The molecule has 5 nitrogen and oxygen atoms in total. The fourth-order valence-electron chi connectivity index (χ4n) is 3.25. The summed E-state index contributed by atoms with van der Waals surface area (Å²) in [5.41, 5.74) is 1.69. The number of rotatable bonds is 9. The lowest BCUT2D eigenvalue weighted by Crippen LogP contribution is -2.33. The molecular weight excluding hydrogens is 422 g/mol. The van der Waals surface area contributed by atoms with Crippen molar-refractivity contribution in [1.29, 1.82) is 0 Å². The quantitative estimate of drug-likeness (QED) is 0.483. The van der Waals surface area contributed by atoms with E-state index >= 15 is 0 Å². The minimum atomic E-state index is -3.76. The maximum Gasteiger partial charge on any atom is 0.241 e. The summed E-state index contributed by atoms with van der Waals surface area (Å²) in [5.74, 6) is 1.33. The highest BCUT2D eigenvalue weighted by Crippen LogP contribution is 2.35. The van der Waals surface area contributed by atoms with Gasteiger partial charge in [-0.2, -0.15) is 0 Å². The maximum atomic E-state index is 13.1. The van der Waals surface area contributed by atoms with Crippen molar-refractivity contribution in [2.45, 2.75) is 16.9 Å². The van der Waals surface area contributed by atoms with Crippen LogP contribution in [0.25, 0.3) is 0 Å². The molecule has 0 saturated carbocycles. The van der Waals surface area contributed by atoms with Gasteiger partial charge in [0.15, 0.2) is 0 Å². The van der Waals surface area contributed by atoms with E-state index in [9.17, 15) is 8.42 Å². The van der Waals surface area contributed by atoms with E-state index < -0.39 is 16.1 Å². The first-order chi connectivity index (χ1) is 14.5. The molecule has 0 aliphatic carbocycles. The van der Waals surface area contributed by atoms with Crippen molar-refractivity contribution in [2.24, 2.45) is 0 Å². The van der Waals surface area contributed by atoms with E-state index in [0.717, 1.165) is 16.9 Å². The average Bonchev–Trinajstić information content (AvgIpc) is 2.80. The number of methoxy groups -OCH3 is 2. The molecule has 158 valence electrons. The minimum Gasteiger partial charge on any atom is -0.497 e. The van der Waals surface area contributed by atoms with Crippen LogP contribution in [0.15, 0.2) is 83.8 Å². The zero-order chi connectivity index (χ0) is 21.6. The number of hydrogen-bond acceptors (Lipinski definition) is 4. The first-order valence-corrected chi connectivity index (χ1v) is 11.4. The molecule has 0 radical (unpaired) electrons. The van der Waals surface area contributed by atoms with E-state index in [4.69, 9.17) is 21.1 Å². The zero-order valence-corrected chi connectivity index (χ0v) is 18.4. The van der Waals surface area contributed by atoms with Crippen LogP contribution in [0.3, 0.4) is 0 Å². The number of sulfonamides is 1. The highest BCUT2D eigenvalue weighted by molar-refractivity contribution is 7.89. The van der Waals surface area contributed by atoms with Crippen LogP contribution < -0.4 is 14.2 Å². The second-order valence-corrected chi connectivity index (χ2v) is 8.74. The van der Waals surface area contributed by atoms with Gasteiger partial charge >= 0.3 is 0 Å². The van der Waals surface area contributed by atoms with E-state index in [1.807, 2.05) is 36.4 Å². The van der Waals surface area contributed by atoms with Gasteiger partial charge in [0.1, 0.15) is 11.5 Å². The fraction of sp³-hybridized carbons (Fsp3) is 0.217. The molecule has 0 aliphatic rings. The summed E-state index contributed by atoms with van der Waals surface area (Å²) in [6, 6.07) is 22.5. The number of hydrogen-bond donors (Lipinski definition) is 1. The van der Waals surface area contributed by atoms with Crippen molar-refractivity contribution in [1.82, 2.24) is 4.72 Å². The van der Waals surface area contributed by atoms with E-state index in [-0.39, 0.29) is 16.7 Å². The van der Waals surface area contributed by atoms with Crippen LogP contribution in [0.5, 0.6) is 11.5 Å². The molecule has 30 heavy (non-hydrogen) atoms. The van der Waals surface area contributed by atoms with Crippen molar-refractivity contribution in [3.63, 3.8) is 0 Å². The average molecular weight is 446 g/mol. The Balaban J connectivity index is 2.03. The number of ether oxygens (including phenoxy) is 2. The normalized spacial score (nSPS) is 13.4. The Kier molecular flexibility index (Phi) is 7.37. The Morgan fingerprint density at radius 1 is 0.800 bits per heavy atom. The lowest BCUT2D eigenvalue weighted by atomic mass is 9.89. The second kappa shape index (κ2) is 9.98. The third-order valence-corrected chi connectivity index (χ3v) is 6.71. The van der Waals surface area contributed by atoms with E-state index in [2.05, 4.69) is 4.72 Å². The summed E-state index contributed by atoms with van der Waals surface area (Å²) in [6.45, 7) is 0. The third-order valence-electron chi connectivity index (χ3n) is 4.92. The molecule has 0 saturated heterocycles. The van der Waals surface area contributed by atoms with Crippen molar-refractivity contribution in [3.05, 3.63) is 90.0 Å². The Morgan fingerprint density at radius 2 is 1.30 bits per heavy atom. The molecule has 3 rings (SSSR count). The molecule has 0 bridgehead atoms. The van der Waals surface area contributed by atoms with Gasteiger partial charge in [-0.25, -0.2) is 13.1 Å². The molecular formula is C23H24ClNO4S. The highest BCUT2D eigenvalue weighted by atomic mass is 35.5. The maximum absolute atomic E-state index is 13.1. The molecule has 0 heterocycles. The van der Waals surface area contributed by atoms with Gasteiger partial charge in [-0.05, 0) is 47.5 Å². The van der Waals surface area contributed by atoms with Crippen LogP contribution in [0.1, 0.15) is 23.1 Å². The van der Waals surface area contributed by atoms with Crippen LogP contribution >= 0.6 is 11.6 Å². The summed E-state index contributed by atoms with van der Waals surface area (Å²) < 4.78 is 39.5. The Hall–Kier alpha value is -2.54. The van der Waals surface area contributed by atoms with Gasteiger partial charge in [-0.1, -0.05) is 42.5 Å². The van der Waals surface area contributed by atoms with Gasteiger partial charge in [0.2, 0.25) is 10.0 Å². The molecule has 7 heteroatoms.